The number of anilines is 4. The van der Waals surface area contributed by atoms with Gasteiger partial charge in [-0.1, -0.05) is 59.9 Å². The fourth-order valence-electron chi connectivity index (χ4n) is 3.35. The Morgan fingerprint density at radius 2 is 1.21 bits per heavy atom. The fourth-order valence-corrected chi connectivity index (χ4v) is 5.77. The van der Waals surface area contributed by atoms with Crippen LogP contribution in [0.2, 0.25) is 0 Å². The van der Waals surface area contributed by atoms with Crippen LogP contribution in [0.25, 0.3) is 0 Å². The van der Waals surface area contributed by atoms with Gasteiger partial charge in [-0.15, -0.1) is 0 Å². The normalized spacial score (nSPS) is 12.0. The highest BCUT2D eigenvalue weighted by molar-refractivity contribution is 8.05. The molecule has 0 atom stereocenters. The topological polar surface area (TPSA) is 24.1 Å². The van der Waals surface area contributed by atoms with Gasteiger partial charge in [0.25, 0.3) is 0 Å². The molecule has 1 aliphatic heterocycles. The van der Waals surface area contributed by atoms with Crippen LogP contribution in [0.4, 0.5) is 22.7 Å². The van der Waals surface area contributed by atoms with Gasteiger partial charge in [0.2, 0.25) is 0 Å². The minimum absolute atomic E-state index is 1.11. The highest BCUT2D eigenvalue weighted by atomic mass is 32.2. The first kappa shape index (κ1) is 18.2. The summed E-state index contributed by atoms with van der Waals surface area (Å²) < 4.78 is 0. The largest absolute Gasteiger partial charge is 0.355 e. The van der Waals surface area contributed by atoms with Crippen LogP contribution in [-0.4, -0.2) is 0 Å². The highest BCUT2D eigenvalue weighted by Crippen LogP contribution is 2.51. The SMILES string of the molecule is Cc1c(Nc2ccccc2)ccc2c1Sc1ccc(Nc3ccccc3)cc1S2. The molecule has 0 aliphatic carbocycles. The third-order valence-electron chi connectivity index (χ3n) is 4.86. The highest BCUT2D eigenvalue weighted by Gasteiger charge is 2.20. The van der Waals surface area contributed by atoms with Crippen molar-refractivity contribution in [3.8, 4) is 0 Å². The summed E-state index contributed by atoms with van der Waals surface area (Å²) in [5.74, 6) is 0. The zero-order valence-corrected chi connectivity index (χ0v) is 17.6. The average Bonchev–Trinajstić information content (AvgIpc) is 2.76. The molecule has 0 bridgehead atoms. The summed E-state index contributed by atoms with van der Waals surface area (Å²) in [7, 11) is 0. The Hall–Kier alpha value is -2.82. The van der Waals surface area contributed by atoms with Gasteiger partial charge in [0.05, 0.1) is 0 Å². The first-order valence-corrected chi connectivity index (χ1v) is 11.2. The second kappa shape index (κ2) is 7.90. The van der Waals surface area contributed by atoms with E-state index in [-0.39, 0.29) is 0 Å². The van der Waals surface area contributed by atoms with E-state index in [1.54, 1.807) is 0 Å². The lowest BCUT2D eigenvalue weighted by atomic mass is 10.2. The molecule has 1 aliphatic rings. The van der Waals surface area contributed by atoms with Crippen molar-refractivity contribution in [1.29, 1.82) is 0 Å². The molecule has 1 heterocycles. The Balaban J connectivity index is 1.41. The second-order valence-corrected chi connectivity index (χ2v) is 9.05. The van der Waals surface area contributed by atoms with Crippen LogP contribution in [-0.2, 0) is 0 Å². The van der Waals surface area contributed by atoms with Gasteiger partial charge >= 0.3 is 0 Å². The Labute approximate surface area is 179 Å². The van der Waals surface area contributed by atoms with Crippen LogP contribution in [0.5, 0.6) is 0 Å². The molecule has 0 saturated carbocycles. The lowest BCUT2D eigenvalue weighted by Gasteiger charge is -2.23. The number of benzene rings is 4. The molecular weight excluding hydrogens is 392 g/mol. The molecule has 0 radical (unpaired) electrons. The molecule has 0 fully saturated rings. The lowest BCUT2D eigenvalue weighted by molar-refractivity contribution is 1.12. The zero-order valence-electron chi connectivity index (χ0n) is 16.0. The lowest BCUT2D eigenvalue weighted by Crippen LogP contribution is -1.99. The molecule has 4 heteroatoms. The van der Waals surface area contributed by atoms with Gasteiger partial charge < -0.3 is 10.6 Å². The third kappa shape index (κ3) is 3.86. The van der Waals surface area contributed by atoms with Crippen molar-refractivity contribution >= 4 is 46.3 Å². The summed E-state index contributed by atoms with van der Waals surface area (Å²) in [5, 5.41) is 7.04. The molecular formula is C25H20N2S2. The van der Waals surface area contributed by atoms with Crippen LogP contribution < -0.4 is 10.6 Å². The summed E-state index contributed by atoms with van der Waals surface area (Å²) in [5.41, 5.74) is 5.79. The van der Waals surface area contributed by atoms with Crippen LogP contribution in [0.3, 0.4) is 0 Å². The minimum Gasteiger partial charge on any atom is -0.355 e. The van der Waals surface area contributed by atoms with Gasteiger partial charge in [0.15, 0.2) is 0 Å². The van der Waals surface area contributed by atoms with E-state index < -0.39 is 0 Å². The van der Waals surface area contributed by atoms with Crippen molar-refractivity contribution in [2.75, 3.05) is 10.6 Å². The van der Waals surface area contributed by atoms with E-state index in [0.717, 1.165) is 22.7 Å². The quantitative estimate of drug-likeness (QED) is 0.311. The van der Waals surface area contributed by atoms with Crippen molar-refractivity contribution < 1.29 is 0 Å². The number of nitrogens with one attached hydrogen (secondary N) is 2. The Morgan fingerprint density at radius 1 is 0.552 bits per heavy atom. The number of hydrogen-bond acceptors (Lipinski definition) is 4. The smallest absolute Gasteiger partial charge is 0.0426 e. The van der Waals surface area contributed by atoms with Crippen molar-refractivity contribution in [2.24, 2.45) is 0 Å². The molecule has 0 spiro atoms. The number of rotatable bonds is 4. The predicted molar refractivity (Wildman–Crippen MR) is 125 cm³/mol. The third-order valence-corrected chi connectivity index (χ3v) is 7.54. The molecule has 142 valence electrons. The number of para-hydroxylation sites is 2. The van der Waals surface area contributed by atoms with E-state index >= 15 is 0 Å². The number of hydrogen-bond donors (Lipinski definition) is 2. The summed E-state index contributed by atoms with van der Waals surface area (Å²) >= 11 is 3.71. The molecule has 4 aromatic carbocycles. The van der Waals surface area contributed by atoms with E-state index in [9.17, 15) is 0 Å². The maximum atomic E-state index is 3.55. The van der Waals surface area contributed by atoms with Gasteiger partial charge in [0.1, 0.15) is 0 Å². The van der Waals surface area contributed by atoms with E-state index in [0.29, 0.717) is 0 Å². The van der Waals surface area contributed by atoms with E-state index in [4.69, 9.17) is 0 Å². The van der Waals surface area contributed by atoms with Gasteiger partial charge in [-0.2, -0.15) is 0 Å². The maximum absolute atomic E-state index is 3.55. The summed E-state index contributed by atoms with van der Waals surface area (Å²) in [6.45, 7) is 2.20. The summed E-state index contributed by atoms with van der Waals surface area (Å²) in [4.78, 5) is 5.26. The molecule has 2 N–H and O–H groups in total. The second-order valence-electron chi connectivity index (χ2n) is 6.91. The molecule has 0 unspecified atom stereocenters. The van der Waals surface area contributed by atoms with E-state index in [2.05, 4.69) is 84.3 Å². The van der Waals surface area contributed by atoms with Crippen LogP contribution in [0, 0.1) is 6.92 Å². The van der Waals surface area contributed by atoms with Crippen LogP contribution in [0.1, 0.15) is 5.56 Å². The molecule has 5 rings (SSSR count). The molecule has 4 aromatic rings. The molecule has 29 heavy (non-hydrogen) atoms. The number of fused-ring (bicyclic) bond motifs is 2. The van der Waals surface area contributed by atoms with Crippen molar-refractivity contribution in [3.05, 3.63) is 96.6 Å². The minimum atomic E-state index is 1.11. The first-order chi connectivity index (χ1) is 14.3. The standard InChI is InChI=1S/C25H20N2S2/c1-17-21(27-19-10-6-3-7-11-19)13-15-23-25(17)29-22-14-12-20(16-24(22)28-23)26-18-8-4-2-5-9-18/h2-16,26-27H,1H3. The first-order valence-electron chi connectivity index (χ1n) is 9.54. The van der Waals surface area contributed by atoms with Crippen molar-refractivity contribution in [3.63, 3.8) is 0 Å². The maximum Gasteiger partial charge on any atom is 0.0426 e. The average molecular weight is 413 g/mol. The van der Waals surface area contributed by atoms with Gasteiger partial charge in [-0.25, -0.2) is 0 Å². The Kier molecular flexibility index (Phi) is 4.96. The Bertz CT molecular complexity index is 1160. The van der Waals surface area contributed by atoms with Crippen LogP contribution >= 0.6 is 23.5 Å². The van der Waals surface area contributed by atoms with Gasteiger partial charge in [0, 0.05) is 42.3 Å². The molecule has 0 aromatic heterocycles. The van der Waals surface area contributed by atoms with E-state index in [1.807, 2.05) is 47.8 Å². The Morgan fingerprint density at radius 3 is 1.93 bits per heavy atom. The molecule has 0 saturated heterocycles. The van der Waals surface area contributed by atoms with Crippen molar-refractivity contribution in [2.45, 2.75) is 26.5 Å². The fraction of sp³-hybridized carbons (Fsp3) is 0.0400. The van der Waals surface area contributed by atoms with E-state index in [1.165, 1.54) is 25.1 Å². The summed E-state index contributed by atoms with van der Waals surface area (Å²) in [6, 6.07) is 31.7. The van der Waals surface area contributed by atoms with Crippen LogP contribution in [0.15, 0.2) is 111 Å². The predicted octanol–water partition coefficient (Wildman–Crippen LogP) is 8.10. The van der Waals surface area contributed by atoms with Gasteiger partial charge in [-0.05, 0) is 67.1 Å². The summed E-state index contributed by atoms with van der Waals surface area (Å²) in [6.07, 6.45) is 0. The monoisotopic (exact) mass is 412 g/mol. The molecule has 0 amide bonds. The zero-order chi connectivity index (χ0) is 19.6. The molecule has 2 nitrogen and oxygen atoms in total. The van der Waals surface area contributed by atoms with Gasteiger partial charge in [-0.3, -0.25) is 0 Å². The van der Waals surface area contributed by atoms with Crippen molar-refractivity contribution in [1.82, 2.24) is 0 Å².